The Morgan fingerprint density at radius 3 is 2.50 bits per heavy atom. The summed E-state index contributed by atoms with van der Waals surface area (Å²) >= 11 is 0. The lowest BCUT2D eigenvalue weighted by Gasteiger charge is -2.10. The van der Waals surface area contributed by atoms with E-state index in [2.05, 4.69) is 4.74 Å². The molecule has 1 rings (SSSR count). The summed E-state index contributed by atoms with van der Waals surface area (Å²) in [6, 6.07) is 5.43. The highest BCUT2D eigenvalue weighted by Crippen LogP contribution is 2.28. The van der Waals surface area contributed by atoms with E-state index >= 15 is 0 Å². The summed E-state index contributed by atoms with van der Waals surface area (Å²) < 4.78 is 50.1. The van der Waals surface area contributed by atoms with E-state index < -0.39 is 20.9 Å². The molecule has 1 aromatic rings. The van der Waals surface area contributed by atoms with Crippen LogP contribution in [0, 0.1) is 0 Å². The standard InChI is InChI=1S/C9H9ClF2O3S/c1-6(16(10,13)14)7-3-2-4-8(5-7)15-9(11)12/h2-6,9H,1H3. The molecular weight excluding hydrogens is 262 g/mol. The SMILES string of the molecule is CC(c1cccc(OC(F)F)c1)S(=O)(=O)Cl. The molecule has 3 nitrogen and oxygen atoms in total. The van der Waals surface area contributed by atoms with E-state index in [1.54, 1.807) is 0 Å². The summed E-state index contributed by atoms with van der Waals surface area (Å²) in [4.78, 5) is 0. The number of hydrogen-bond donors (Lipinski definition) is 0. The average molecular weight is 271 g/mol. The molecule has 0 aliphatic carbocycles. The largest absolute Gasteiger partial charge is 0.435 e. The molecule has 7 heteroatoms. The lowest BCUT2D eigenvalue weighted by Crippen LogP contribution is -2.05. The highest BCUT2D eigenvalue weighted by atomic mass is 35.7. The average Bonchev–Trinajstić information content (AvgIpc) is 2.14. The molecule has 0 spiro atoms. The van der Waals surface area contributed by atoms with E-state index in [1.165, 1.54) is 31.2 Å². The lowest BCUT2D eigenvalue weighted by molar-refractivity contribution is -0.0498. The van der Waals surface area contributed by atoms with Crippen LogP contribution in [-0.2, 0) is 9.05 Å². The van der Waals surface area contributed by atoms with Gasteiger partial charge in [-0.3, -0.25) is 0 Å². The quantitative estimate of drug-likeness (QED) is 0.790. The van der Waals surface area contributed by atoms with Crippen molar-refractivity contribution >= 4 is 19.7 Å². The van der Waals surface area contributed by atoms with Crippen molar-refractivity contribution in [1.29, 1.82) is 0 Å². The van der Waals surface area contributed by atoms with Crippen LogP contribution in [0.15, 0.2) is 24.3 Å². The molecule has 0 aliphatic heterocycles. The highest BCUT2D eigenvalue weighted by molar-refractivity contribution is 8.13. The van der Waals surface area contributed by atoms with Crippen molar-refractivity contribution in [2.45, 2.75) is 18.8 Å². The van der Waals surface area contributed by atoms with Gasteiger partial charge in [-0.1, -0.05) is 12.1 Å². The Hall–Kier alpha value is -0.880. The van der Waals surface area contributed by atoms with Crippen LogP contribution in [0.2, 0.25) is 0 Å². The summed E-state index contributed by atoms with van der Waals surface area (Å²) in [5, 5.41) is -0.976. The molecule has 90 valence electrons. The van der Waals surface area contributed by atoms with Gasteiger partial charge in [-0.2, -0.15) is 8.78 Å². The first-order chi connectivity index (χ1) is 7.30. The van der Waals surface area contributed by atoms with E-state index in [4.69, 9.17) is 10.7 Å². The first-order valence-electron chi connectivity index (χ1n) is 4.29. The second-order valence-corrected chi connectivity index (χ2v) is 6.02. The van der Waals surface area contributed by atoms with Gasteiger partial charge in [0.1, 0.15) is 5.75 Å². The summed E-state index contributed by atoms with van der Waals surface area (Å²) in [5.41, 5.74) is 0.299. The van der Waals surface area contributed by atoms with Crippen molar-refractivity contribution in [2.75, 3.05) is 0 Å². The Bertz CT molecular complexity index is 462. The Kier molecular flexibility index (Phi) is 4.09. The van der Waals surface area contributed by atoms with E-state index in [9.17, 15) is 17.2 Å². The number of rotatable bonds is 4. The fraction of sp³-hybridized carbons (Fsp3) is 0.333. The summed E-state index contributed by atoms with van der Waals surface area (Å²) in [7, 11) is 1.39. The van der Waals surface area contributed by atoms with Gasteiger partial charge in [-0.25, -0.2) is 8.42 Å². The van der Waals surface area contributed by atoms with Gasteiger partial charge in [0.05, 0.1) is 5.25 Å². The Morgan fingerprint density at radius 1 is 1.38 bits per heavy atom. The van der Waals surface area contributed by atoms with Crippen LogP contribution < -0.4 is 4.74 Å². The molecule has 0 fully saturated rings. The van der Waals surface area contributed by atoms with Crippen LogP contribution >= 0.6 is 10.7 Å². The van der Waals surface area contributed by atoms with Crippen molar-refractivity contribution in [3.8, 4) is 5.75 Å². The Labute approximate surface area is 96.4 Å². The Balaban J connectivity index is 2.99. The fourth-order valence-electron chi connectivity index (χ4n) is 1.11. The number of hydrogen-bond acceptors (Lipinski definition) is 3. The van der Waals surface area contributed by atoms with Gasteiger partial charge in [0.2, 0.25) is 9.05 Å². The normalized spacial score (nSPS) is 13.8. The second-order valence-electron chi connectivity index (χ2n) is 3.07. The van der Waals surface area contributed by atoms with Gasteiger partial charge in [0, 0.05) is 10.7 Å². The first kappa shape index (κ1) is 13.2. The molecular formula is C9H9ClF2O3S. The van der Waals surface area contributed by atoms with Crippen LogP contribution in [-0.4, -0.2) is 15.0 Å². The molecule has 1 aromatic carbocycles. The van der Waals surface area contributed by atoms with Crippen molar-refractivity contribution < 1.29 is 21.9 Å². The molecule has 0 amide bonds. The monoisotopic (exact) mass is 270 g/mol. The van der Waals surface area contributed by atoms with E-state index in [0.29, 0.717) is 5.56 Å². The first-order valence-corrected chi connectivity index (χ1v) is 6.66. The van der Waals surface area contributed by atoms with Gasteiger partial charge in [0.25, 0.3) is 0 Å². The van der Waals surface area contributed by atoms with Crippen LogP contribution in [0.1, 0.15) is 17.7 Å². The zero-order chi connectivity index (χ0) is 12.3. The zero-order valence-electron chi connectivity index (χ0n) is 8.23. The van der Waals surface area contributed by atoms with E-state index in [0.717, 1.165) is 0 Å². The van der Waals surface area contributed by atoms with Crippen molar-refractivity contribution in [1.82, 2.24) is 0 Å². The second kappa shape index (κ2) is 4.97. The van der Waals surface area contributed by atoms with Gasteiger partial charge in [0.15, 0.2) is 0 Å². The molecule has 0 saturated heterocycles. The molecule has 0 radical (unpaired) electrons. The molecule has 0 saturated carbocycles. The van der Waals surface area contributed by atoms with Gasteiger partial charge in [-0.15, -0.1) is 0 Å². The predicted molar refractivity (Wildman–Crippen MR) is 56.3 cm³/mol. The van der Waals surface area contributed by atoms with E-state index in [1.807, 2.05) is 0 Å². The third-order valence-electron chi connectivity index (χ3n) is 1.97. The topological polar surface area (TPSA) is 43.4 Å². The van der Waals surface area contributed by atoms with Crippen molar-refractivity contribution in [3.63, 3.8) is 0 Å². The molecule has 0 aliphatic rings. The fourth-order valence-corrected chi connectivity index (χ4v) is 1.89. The zero-order valence-corrected chi connectivity index (χ0v) is 9.80. The summed E-state index contributed by atoms with van der Waals surface area (Å²) in [6.07, 6.45) is 0. The van der Waals surface area contributed by atoms with Crippen molar-refractivity contribution in [2.24, 2.45) is 0 Å². The van der Waals surface area contributed by atoms with Crippen molar-refractivity contribution in [3.05, 3.63) is 29.8 Å². The summed E-state index contributed by atoms with van der Waals surface area (Å²) in [5.74, 6) is -0.0975. The van der Waals surface area contributed by atoms with E-state index in [-0.39, 0.29) is 5.75 Å². The number of halogens is 3. The third-order valence-corrected chi connectivity index (χ3v) is 3.89. The van der Waals surface area contributed by atoms with Crippen LogP contribution in [0.3, 0.4) is 0 Å². The van der Waals surface area contributed by atoms with Gasteiger partial charge >= 0.3 is 6.61 Å². The highest BCUT2D eigenvalue weighted by Gasteiger charge is 2.20. The smallest absolute Gasteiger partial charge is 0.387 e. The molecule has 0 N–H and O–H groups in total. The maximum Gasteiger partial charge on any atom is 0.387 e. The number of benzene rings is 1. The lowest BCUT2D eigenvalue weighted by atomic mass is 10.1. The molecule has 0 bridgehead atoms. The third kappa shape index (κ3) is 3.61. The molecule has 0 heterocycles. The number of ether oxygens (including phenoxy) is 1. The van der Waals surface area contributed by atoms with Crippen LogP contribution in [0.4, 0.5) is 8.78 Å². The van der Waals surface area contributed by atoms with Crippen LogP contribution in [0.5, 0.6) is 5.75 Å². The minimum absolute atomic E-state index is 0.0975. The molecule has 1 atom stereocenters. The predicted octanol–water partition coefficient (Wildman–Crippen LogP) is 2.92. The minimum Gasteiger partial charge on any atom is -0.435 e. The minimum atomic E-state index is -3.77. The Morgan fingerprint density at radius 2 is 2.00 bits per heavy atom. The molecule has 0 aromatic heterocycles. The summed E-state index contributed by atoms with van der Waals surface area (Å²) in [6.45, 7) is -1.58. The molecule has 16 heavy (non-hydrogen) atoms. The molecule has 1 unspecified atom stereocenters. The van der Waals surface area contributed by atoms with Crippen LogP contribution in [0.25, 0.3) is 0 Å². The van der Waals surface area contributed by atoms with Gasteiger partial charge in [-0.05, 0) is 24.6 Å². The maximum absolute atomic E-state index is 11.9. The maximum atomic E-state index is 11.9. The number of alkyl halides is 2. The van der Waals surface area contributed by atoms with Gasteiger partial charge < -0.3 is 4.74 Å².